The number of hydrogen-bond acceptors (Lipinski definition) is 7. The summed E-state index contributed by atoms with van der Waals surface area (Å²) >= 11 is 1.61. The molecule has 1 aliphatic heterocycles. The van der Waals surface area contributed by atoms with E-state index in [9.17, 15) is 4.79 Å². The Balaban J connectivity index is 1.49. The number of piperidine rings is 1. The maximum absolute atomic E-state index is 12.9. The van der Waals surface area contributed by atoms with Crippen LogP contribution in [0.2, 0.25) is 0 Å². The Labute approximate surface area is 192 Å². The van der Waals surface area contributed by atoms with Crippen LogP contribution in [0.1, 0.15) is 52.0 Å². The number of carbonyl (C=O) groups is 1. The maximum atomic E-state index is 12.9. The molecule has 0 aromatic carbocycles. The lowest BCUT2D eigenvalue weighted by Crippen LogP contribution is -2.38. The molecule has 0 spiro atoms. The Morgan fingerprint density at radius 2 is 1.97 bits per heavy atom. The number of hydrogen-bond donors (Lipinski definition) is 1. The van der Waals surface area contributed by atoms with Crippen LogP contribution < -0.4 is 5.32 Å². The monoisotopic (exact) mass is 451 g/mol. The normalized spacial score (nSPS) is 16.7. The zero-order chi connectivity index (χ0) is 22.8. The SMILES string of the molecule is Cc1nc(Nc2nccnc2C2CCCN(C(=O)/C=C/c3c(C)nn(C)c3C)C2)sc1C. The van der Waals surface area contributed by atoms with Gasteiger partial charge >= 0.3 is 0 Å². The van der Waals surface area contributed by atoms with Crippen molar-refractivity contribution in [2.24, 2.45) is 7.05 Å². The number of rotatable bonds is 5. The summed E-state index contributed by atoms with van der Waals surface area (Å²) < 4.78 is 1.84. The van der Waals surface area contributed by atoms with Crippen molar-refractivity contribution in [1.29, 1.82) is 0 Å². The number of likely N-dealkylation sites (tertiary alicyclic amines) is 1. The molecule has 1 saturated heterocycles. The number of thiazole rings is 1. The van der Waals surface area contributed by atoms with Gasteiger partial charge in [0.05, 0.1) is 17.1 Å². The number of amides is 1. The van der Waals surface area contributed by atoms with Crippen molar-refractivity contribution in [2.75, 3.05) is 18.4 Å². The van der Waals surface area contributed by atoms with Gasteiger partial charge in [0.25, 0.3) is 0 Å². The van der Waals surface area contributed by atoms with E-state index in [1.807, 2.05) is 43.5 Å². The molecule has 1 fully saturated rings. The molecule has 1 amide bonds. The molecule has 0 saturated carbocycles. The van der Waals surface area contributed by atoms with Crippen LogP contribution >= 0.6 is 11.3 Å². The molecule has 0 radical (unpaired) electrons. The molecule has 4 heterocycles. The summed E-state index contributed by atoms with van der Waals surface area (Å²) in [5, 5.41) is 8.58. The average Bonchev–Trinajstić information content (AvgIpc) is 3.22. The van der Waals surface area contributed by atoms with E-state index in [0.29, 0.717) is 6.54 Å². The summed E-state index contributed by atoms with van der Waals surface area (Å²) in [5.41, 5.74) is 4.88. The largest absolute Gasteiger partial charge is 0.338 e. The zero-order valence-corrected chi connectivity index (χ0v) is 20.0. The number of aryl methyl sites for hydroxylation is 4. The first-order chi connectivity index (χ1) is 15.3. The van der Waals surface area contributed by atoms with E-state index in [-0.39, 0.29) is 11.8 Å². The van der Waals surface area contributed by atoms with Gasteiger partial charge in [0.1, 0.15) is 0 Å². The Kier molecular flexibility index (Phi) is 6.36. The third kappa shape index (κ3) is 4.57. The third-order valence-electron chi connectivity index (χ3n) is 6.06. The van der Waals surface area contributed by atoms with Gasteiger partial charge in [-0.15, -0.1) is 11.3 Å². The van der Waals surface area contributed by atoms with Gasteiger partial charge in [-0.3, -0.25) is 14.5 Å². The van der Waals surface area contributed by atoms with Crippen LogP contribution in [0, 0.1) is 27.7 Å². The van der Waals surface area contributed by atoms with Crippen molar-refractivity contribution in [3.05, 3.63) is 51.7 Å². The van der Waals surface area contributed by atoms with Crippen LogP contribution in [0.3, 0.4) is 0 Å². The van der Waals surface area contributed by atoms with Crippen molar-refractivity contribution in [3.8, 4) is 0 Å². The van der Waals surface area contributed by atoms with Gasteiger partial charge in [-0.1, -0.05) is 0 Å². The second kappa shape index (κ2) is 9.20. The minimum atomic E-state index is 0.0157. The van der Waals surface area contributed by atoms with Crippen molar-refractivity contribution in [2.45, 2.75) is 46.5 Å². The van der Waals surface area contributed by atoms with Crippen LogP contribution in [0.4, 0.5) is 10.9 Å². The van der Waals surface area contributed by atoms with E-state index in [4.69, 9.17) is 0 Å². The zero-order valence-electron chi connectivity index (χ0n) is 19.2. The summed E-state index contributed by atoms with van der Waals surface area (Å²) in [4.78, 5) is 29.7. The van der Waals surface area contributed by atoms with E-state index in [0.717, 1.165) is 58.7 Å². The molecule has 0 bridgehead atoms. The van der Waals surface area contributed by atoms with Gasteiger partial charge in [-0.05, 0) is 46.6 Å². The second-order valence-corrected chi connectivity index (χ2v) is 9.44. The van der Waals surface area contributed by atoms with Crippen LogP contribution in [-0.4, -0.2) is 48.6 Å². The smallest absolute Gasteiger partial charge is 0.246 e. The standard InChI is InChI=1S/C23H29N7OS/c1-14-17(4)32-23(26-14)27-22-21(24-10-11-25-22)18-7-6-12-30(13-18)20(31)9-8-19-15(2)28-29(5)16(19)3/h8-11,18H,6-7,12-13H2,1-5H3,(H,25,26,27)/b9-8+. The van der Waals surface area contributed by atoms with Crippen LogP contribution in [-0.2, 0) is 11.8 Å². The Hall–Kier alpha value is -3.07. The van der Waals surface area contributed by atoms with Crippen LogP contribution in [0.25, 0.3) is 6.08 Å². The van der Waals surface area contributed by atoms with E-state index < -0.39 is 0 Å². The molecule has 4 rings (SSSR count). The van der Waals surface area contributed by atoms with Gasteiger partial charge in [0, 0.05) is 60.7 Å². The van der Waals surface area contributed by atoms with Crippen molar-refractivity contribution >= 4 is 34.3 Å². The molecule has 168 valence electrons. The maximum Gasteiger partial charge on any atom is 0.246 e. The molecule has 3 aromatic heterocycles. The lowest BCUT2D eigenvalue weighted by Gasteiger charge is -2.32. The number of aromatic nitrogens is 5. The first kappa shape index (κ1) is 22.1. The highest BCUT2D eigenvalue weighted by Gasteiger charge is 2.27. The first-order valence-corrected chi connectivity index (χ1v) is 11.6. The summed E-state index contributed by atoms with van der Waals surface area (Å²) in [6.45, 7) is 9.40. The lowest BCUT2D eigenvalue weighted by atomic mass is 9.94. The molecule has 0 aliphatic carbocycles. The molecule has 1 aliphatic rings. The first-order valence-electron chi connectivity index (χ1n) is 10.8. The molecule has 3 aromatic rings. The van der Waals surface area contributed by atoms with E-state index in [1.54, 1.807) is 29.8 Å². The fourth-order valence-electron chi connectivity index (χ4n) is 4.06. The van der Waals surface area contributed by atoms with Gasteiger partial charge in [-0.25, -0.2) is 9.97 Å². The van der Waals surface area contributed by atoms with Crippen molar-refractivity contribution in [3.63, 3.8) is 0 Å². The topological polar surface area (TPSA) is 88.8 Å². The van der Waals surface area contributed by atoms with Gasteiger partial charge in [-0.2, -0.15) is 5.10 Å². The minimum Gasteiger partial charge on any atom is -0.338 e. The highest BCUT2D eigenvalue weighted by molar-refractivity contribution is 7.15. The molecule has 32 heavy (non-hydrogen) atoms. The lowest BCUT2D eigenvalue weighted by molar-refractivity contribution is -0.127. The Bertz CT molecular complexity index is 1140. The number of carbonyl (C=O) groups excluding carboxylic acids is 1. The summed E-state index contributed by atoms with van der Waals surface area (Å²) in [5.74, 6) is 0.862. The highest BCUT2D eigenvalue weighted by atomic mass is 32.1. The number of nitrogens with zero attached hydrogens (tertiary/aromatic N) is 6. The molecule has 8 nitrogen and oxygen atoms in total. The van der Waals surface area contributed by atoms with Crippen molar-refractivity contribution < 1.29 is 4.79 Å². The quantitative estimate of drug-likeness (QED) is 0.589. The van der Waals surface area contributed by atoms with Crippen LogP contribution in [0.15, 0.2) is 18.5 Å². The van der Waals surface area contributed by atoms with E-state index in [1.165, 1.54) is 4.88 Å². The fourth-order valence-corrected chi connectivity index (χ4v) is 4.88. The van der Waals surface area contributed by atoms with E-state index >= 15 is 0 Å². The minimum absolute atomic E-state index is 0.0157. The average molecular weight is 452 g/mol. The molecule has 9 heteroatoms. The van der Waals surface area contributed by atoms with Crippen LogP contribution in [0.5, 0.6) is 0 Å². The highest BCUT2D eigenvalue weighted by Crippen LogP contribution is 2.32. The van der Waals surface area contributed by atoms with Crippen molar-refractivity contribution in [1.82, 2.24) is 29.6 Å². The molecule has 1 atom stereocenters. The number of anilines is 2. The Morgan fingerprint density at radius 3 is 2.66 bits per heavy atom. The number of nitrogens with one attached hydrogen (secondary N) is 1. The fraction of sp³-hybridized carbons (Fsp3) is 0.435. The molecule has 1 unspecified atom stereocenters. The Morgan fingerprint density at radius 1 is 1.19 bits per heavy atom. The molecular formula is C23H29N7OS. The molecule has 1 N–H and O–H groups in total. The summed E-state index contributed by atoms with van der Waals surface area (Å²) in [6.07, 6.45) is 8.85. The summed E-state index contributed by atoms with van der Waals surface area (Å²) in [7, 11) is 1.91. The van der Waals surface area contributed by atoms with E-state index in [2.05, 4.69) is 32.3 Å². The van der Waals surface area contributed by atoms with Gasteiger partial charge in [0.15, 0.2) is 10.9 Å². The third-order valence-corrected chi connectivity index (χ3v) is 7.05. The molecular weight excluding hydrogens is 422 g/mol. The summed E-state index contributed by atoms with van der Waals surface area (Å²) in [6, 6.07) is 0. The predicted octanol–water partition coefficient (Wildman–Crippen LogP) is 4.06. The second-order valence-electron chi connectivity index (χ2n) is 8.24. The van der Waals surface area contributed by atoms with Gasteiger partial charge < -0.3 is 10.2 Å². The predicted molar refractivity (Wildman–Crippen MR) is 127 cm³/mol. The van der Waals surface area contributed by atoms with Gasteiger partial charge in [0.2, 0.25) is 5.91 Å².